The van der Waals surface area contributed by atoms with E-state index in [9.17, 15) is 0 Å². The van der Waals surface area contributed by atoms with Gasteiger partial charge in [0, 0.05) is 31.7 Å². The van der Waals surface area contributed by atoms with Gasteiger partial charge in [-0.1, -0.05) is 11.6 Å². The second kappa shape index (κ2) is 4.83. The fraction of sp³-hybridized carbons (Fsp3) is 0.636. The lowest BCUT2D eigenvalue weighted by atomic mass is 10.1. The van der Waals surface area contributed by atoms with E-state index in [4.69, 9.17) is 11.6 Å². The monoisotopic (exact) mass is 244 g/mol. The van der Waals surface area contributed by atoms with Crippen LogP contribution in [0, 0.1) is 0 Å². The summed E-state index contributed by atoms with van der Waals surface area (Å²) < 4.78 is 0.938. The number of hydrogen-bond acceptors (Lipinski definition) is 3. The zero-order valence-electron chi connectivity index (χ0n) is 9.16. The smallest absolute Gasteiger partial charge is 0.0973 e. The largest absolute Gasteiger partial charge is 0.314 e. The van der Waals surface area contributed by atoms with Crippen LogP contribution in [0.4, 0.5) is 0 Å². The van der Waals surface area contributed by atoms with Crippen LogP contribution in [-0.4, -0.2) is 30.1 Å². The third kappa shape index (κ3) is 2.53. The standard InChI is InChI=1S/C11H17ClN2S/c1-8-5-13-6-9(2)14(8)7-10-3-4-15-11(10)12/h3-4,8-9,13H,5-7H2,1-2H3/t8-,9+. The highest BCUT2D eigenvalue weighted by atomic mass is 35.5. The van der Waals surface area contributed by atoms with Crippen LogP contribution in [0.5, 0.6) is 0 Å². The van der Waals surface area contributed by atoms with Crippen molar-refractivity contribution in [3.05, 3.63) is 21.3 Å². The van der Waals surface area contributed by atoms with Crippen molar-refractivity contribution >= 4 is 22.9 Å². The molecule has 1 fully saturated rings. The third-order valence-corrected chi connectivity index (χ3v) is 4.31. The Morgan fingerprint density at radius 1 is 1.47 bits per heavy atom. The molecule has 1 aliphatic heterocycles. The molecule has 2 rings (SSSR count). The molecule has 1 N–H and O–H groups in total. The summed E-state index contributed by atoms with van der Waals surface area (Å²) in [4.78, 5) is 2.52. The van der Waals surface area contributed by atoms with Gasteiger partial charge in [0.05, 0.1) is 4.34 Å². The van der Waals surface area contributed by atoms with E-state index in [1.165, 1.54) is 5.56 Å². The molecule has 0 aliphatic carbocycles. The van der Waals surface area contributed by atoms with Crippen LogP contribution < -0.4 is 5.32 Å². The summed E-state index contributed by atoms with van der Waals surface area (Å²) in [6.45, 7) is 7.66. The number of thiophene rings is 1. The van der Waals surface area contributed by atoms with Gasteiger partial charge in [-0.05, 0) is 30.9 Å². The van der Waals surface area contributed by atoms with Gasteiger partial charge in [-0.3, -0.25) is 4.90 Å². The molecule has 4 heteroatoms. The molecule has 0 amide bonds. The lowest BCUT2D eigenvalue weighted by Crippen LogP contribution is -2.54. The SMILES string of the molecule is C[C@@H]1CNC[C@H](C)N1Cc1ccsc1Cl. The summed E-state index contributed by atoms with van der Waals surface area (Å²) in [5.41, 5.74) is 1.27. The van der Waals surface area contributed by atoms with Crippen molar-refractivity contribution in [3.8, 4) is 0 Å². The Bertz CT molecular complexity index is 316. The van der Waals surface area contributed by atoms with E-state index in [0.717, 1.165) is 24.0 Å². The van der Waals surface area contributed by atoms with E-state index in [2.05, 4.69) is 35.5 Å². The average molecular weight is 245 g/mol. The maximum Gasteiger partial charge on any atom is 0.0973 e. The second-order valence-corrected chi connectivity index (χ2v) is 5.77. The quantitative estimate of drug-likeness (QED) is 0.861. The molecule has 1 aliphatic rings. The Kier molecular flexibility index (Phi) is 3.67. The molecular formula is C11H17ClN2S. The number of halogens is 1. The average Bonchev–Trinajstić information content (AvgIpc) is 2.58. The lowest BCUT2D eigenvalue weighted by molar-refractivity contribution is 0.109. The molecule has 0 aromatic carbocycles. The summed E-state index contributed by atoms with van der Waals surface area (Å²) >= 11 is 7.75. The molecule has 15 heavy (non-hydrogen) atoms. The topological polar surface area (TPSA) is 15.3 Å². The van der Waals surface area contributed by atoms with Crippen LogP contribution in [0.25, 0.3) is 0 Å². The minimum atomic E-state index is 0.588. The Hall–Kier alpha value is -0.0900. The third-order valence-electron chi connectivity index (χ3n) is 3.06. The van der Waals surface area contributed by atoms with E-state index in [0.29, 0.717) is 12.1 Å². The van der Waals surface area contributed by atoms with Crippen molar-refractivity contribution in [2.75, 3.05) is 13.1 Å². The van der Waals surface area contributed by atoms with Gasteiger partial charge < -0.3 is 5.32 Å². The summed E-state index contributed by atoms with van der Waals surface area (Å²) in [5.74, 6) is 0. The Balaban J connectivity index is 2.06. The van der Waals surface area contributed by atoms with Gasteiger partial charge in [-0.2, -0.15) is 0 Å². The first kappa shape index (κ1) is 11.4. The summed E-state index contributed by atoms with van der Waals surface area (Å²) in [7, 11) is 0. The fourth-order valence-corrected chi connectivity index (χ4v) is 3.02. The predicted molar refractivity (Wildman–Crippen MR) is 66.7 cm³/mol. The molecule has 1 aromatic heterocycles. The van der Waals surface area contributed by atoms with Gasteiger partial charge in [0.1, 0.15) is 0 Å². The minimum absolute atomic E-state index is 0.588. The molecule has 0 unspecified atom stereocenters. The first-order chi connectivity index (χ1) is 7.18. The molecule has 1 saturated heterocycles. The molecular weight excluding hydrogens is 228 g/mol. The van der Waals surface area contributed by atoms with E-state index in [1.54, 1.807) is 11.3 Å². The highest BCUT2D eigenvalue weighted by Gasteiger charge is 2.24. The summed E-state index contributed by atoms with van der Waals surface area (Å²) in [5, 5.41) is 5.50. The van der Waals surface area contributed by atoms with Gasteiger partial charge in [-0.15, -0.1) is 11.3 Å². The van der Waals surface area contributed by atoms with Crippen LogP contribution in [0.3, 0.4) is 0 Å². The van der Waals surface area contributed by atoms with Crippen molar-refractivity contribution in [1.29, 1.82) is 0 Å². The van der Waals surface area contributed by atoms with E-state index >= 15 is 0 Å². The Morgan fingerprint density at radius 3 is 2.67 bits per heavy atom. The molecule has 0 radical (unpaired) electrons. The lowest BCUT2D eigenvalue weighted by Gasteiger charge is -2.39. The molecule has 84 valence electrons. The number of piperazine rings is 1. The number of nitrogens with zero attached hydrogens (tertiary/aromatic N) is 1. The van der Waals surface area contributed by atoms with Gasteiger partial charge in [0.15, 0.2) is 0 Å². The van der Waals surface area contributed by atoms with Crippen LogP contribution in [0.2, 0.25) is 4.34 Å². The van der Waals surface area contributed by atoms with Gasteiger partial charge in [0.2, 0.25) is 0 Å². The zero-order chi connectivity index (χ0) is 10.8. The molecule has 0 bridgehead atoms. The van der Waals surface area contributed by atoms with Crippen molar-refractivity contribution in [3.63, 3.8) is 0 Å². The maximum absolute atomic E-state index is 6.13. The first-order valence-corrected chi connectivity index (χ1v) is 6.62. The Labute approximate surface area is 100 Å². The van der Waals surface area contributed by atoms with E-state index in [1.807, 2.05) is 0 Å². The van der Waals surface area contributed by atoms with Crippen LogP contribution in [-0.2, 0) is 6.54 Å². The highest BCUT2D eigenvalue weighted by Crippen LogP contribution is 2.25. The fourth-order valence-electron chi connectivity index (χ4n) is 2.11. The van der Waals surface area contributed by atoms with Crippen molar-refractivity contribution in [1.82, 2.24) is 10.2 Å². The normalized spacial score (nSPS) is 28.2. The van der Waals surface area contributed by atoms with Crippen LogP contribution in [0.1, 0.15) is 19.4 Å². The number of nitrogens with one attached hydrogen (secondary N) is 1. The number of rotatable bonds is 2. The minimum Gasteiger partial charge on any atom is -0.314 e. The summed E-state index contributed by atoms with van der Waals surface area (Å²) in [6.07, 6.45) is 0. The maximum atomic E-state index is 6.13. The summed E-state index contributed by atoms with van der Waals surface area (Å²) in [6, 6.07) is 3.31. The van der Waals surface area contributed by atoms with E-state index in [-0.39, 0.29) is 0 Å². The molecule has 2 atom stereocenters. The Morgan fingerprint density at radius 2 is 2.13 bits per heavy atom. The molecule has 1 aromatic rings. The van der Waals surface area contributed by atoms with Crippen molar-refractivity contribution < 1.29 is 0 Å². The zero-order valence-corrected chi connectivity index (χ0v) is 10.7. The van der Waals surface area contributed by atoms with E-state index < -0.39 is 0 Å². The first-order valence-electron chi connectivity index (χ1n) is 5.37. The number of hydrogen-bond donors (Lipinski definition) is 1. The van der Waals surface area contributed by atoms with Crippen LogP contribution >= 0.6 is 22.9 Å². The van der Waals surface area contributed by atoms with Gasteiger partial charge in [-0.25, -0.2) is 0 Å². The van der Waals surface area contributed by atoms with Crippen molar-refractivity contribution in [2.45, 2.75) is 32.5 Å². The highest BCUT2D eigenvalue weighted by molar-refractivity contribution is 7.14. The molecule has 0 spiro atoms. The second-order valence-electron chi connectivity index (χ2n) is 4.25. The van der Waals surface area contributed by atoms with Gasteiger partial charge in [0.25, 0.3) is 0 Å². The van der Waals surface area contributed by atoms with Crippen LogP contribution in [0.15, 0.2) is 11.4 Å². The predicted octanol–water partition coefficient (Wildman–Crippen LogP) is 2.58. The molecule has 2 nitrogen and oxygen atoms in total. The van der Waals surface area contributed by atoms with Gasteiger partial charge >= 0.3 is 0 Å². The molecule has 2 heterocycles. The molecule has 0 saturated carbocycles. The van der Waals surface area contributed by atoms with Crippen molar-refractivity contribution in [2.24, 2.45) is 0 Å².